The Kier molecular flexibility index (Phi) is 4.70. The standard InChI is InChI=1S/C12H13ClN4OS/c1-2-14-11(18)5-9-7-19-12(16-9)17-10-4-3-8(13)6-15-10/h3-4,6-7H,2,5H2,1H3,(H,14,18)(H,15,16,17). The largest absolute Gasteiger partial charge is 0.356 e. The minimum atomic E-state index is -0.0241. The molecule has 0 bridgehead atoms. The van der Waals surface area contributed by atoms with Crippen LogP contribution in [0.5, 0.6) is 0 Å². The summed E-state index contributed by atoms with van der Waals surface area (Å²) >= 11 is 7.19. The molecule has 0 radical (unpaired) electrons. The van der Waals surface area contributed by atoms with E-state index in [1.54, 1.807) is 18.3 Å². The molecule has 2 heterocycles. The van der Waals surface area contributed by atoms with E-state index in [0.29, 0.717) is 28.9 Å². The molecule has 0 aromatic carbocycles. The monoisotopic (exact) mass is 296 g/mol. The van der Waals surface area contributed by atoms with Gasteiger partial charge in [-0.1, -0.05) is 11.6 Å². The van der Waals surface area contributed by atoms with Crippen LogP contribution in [0.25, 0.3) is 0 Å². The second-order valence-electron chi connectivity index (χ2n) is 3.76. The van der Waals surface area contributed by atoms with E-state index in [0.717, 1.165) is 5.69 Å². The number of hydrogen-bond donors (Lipinski definition) is 2. The molecule has 0 saturated heterocycles. The average Bonchev–Trinajstić information content (AvgIpc) is 2.80. The lowest BCUT2D eigenvalue weighted by Crippen LogP contribution is -2.24. The van der Waals surface area contributed by atoms with Crippen molar-refractivity contribution in [3.05, 3.63) is 34.4 Å². The summed E-state index contributed by atoms with van der Waals surface area (Å²) in [6.07, 6.45) is 1.85. The van der Waals surface area contributed by atoms with E-state index in [1.807, 2.05) is 12.3 Å². The van der Waals surface area contributed by atoms with Gasteiger partial charge in [0, 0.05) is 18.1 Å². The molecular formula is C12H13ClN4OS. The minimum Gasteiger partial charge on any atom is -0.356 e. The number of hydrogen-bond acceptors (Lipinski definition) is 5. The number of anilines is 2. The molecule has 0 aliphatic carbocycles. The first-order chi connectivity index (χ1) is 9.17. The first kappa shape index (κ1) is 13.8. The van der Waals surface area contributed by atoms with E-state index in [4.69, 9.17) is 11.6 Å². The van der Waals surface area contributed by atoms with E-state index >= 15 is 0 Å². The van der Waals surface area contributed by atoms with Gasteiger partial charge in [0.15, 0.2) is 5.13 Å². The van der Waals surface area contributed by atoms with Gasteiger partial charge in [-0.25, -0.2) is 9.97 Å². The normalized spacial score (nSPS) is 10.2. The molecule has 0 spiro atoms. The first-order valence-corrected chi connectivity index (χ1v) is 7.03. The van der Waals surface area contributed by atoms with Crippen LogP contribution < -0.4 is 10.6 Å². The second-order valence-corrected chi connectivity index (χ2v) is 5.06. The van der Waals surface area contributed by atoms with Crippen LogP contribution in [0.1, 0.15) is 12.6 Å². The van der Waals surface area contributed by atoms with Crippen LogP contribution in [0.15, 0.2) is 23.7 Å². The maximum atomic E-state index is 11.4. The Labute approximate surface area is 120 Å². The van der Waals surface area contributed by atoms with Crippen molar-refractivity contribution in [2.24, 2.45) is 0 Å². The van der Waals surface area contributed by atoms with Gasteiger partial charge in [-0.2, -0.15) is 0 Å². The molecule has 0 fully saturated rings. The topological polar surface area (TPSA) is 66.9 Å². The number of carbonyl (C=O) groups is 1. The Morgan fingerprint density at radius 1 is 1.47 bits per heavy atom. The van der Waals surface area contributed by atoms with Crippen molar-refractivity contribution in [2.45, 2.75) is 13.3 Å². The highest BCUT2D eigenvalue weighted by molar-refractivity contribution is 7.13. The molecule has 2 aromatic heterocycles. The summed E-state index contributed by atoms with van der Waals surface area (Å²) in [4.78, 5) is 19.9. The van der Waals surface area contributed by atoms with Gasteiger partial charge in [0.25, 0.3) is 0 Å². The third kappa shape index (κ3) is 4.18. The van der Waals surface area contributed by atoms with Crippen LogP contribution >= 0.6 is 22.9 Å². The van der Waals surface area contributed by atoms with Crippen molar-refractivity contribution in [3.8, 4) is 0 Å². The van der Waals surface area contributed by atoms with Crippen LogP contribution in [0.4, 0.5) is 10.9 Å². The van der Waals surface area contributed by atoms with Crippen LogP contribution in [-0.2, 0) is 11.2 Å². The maximum absolute atomic E-state index is 11.4. The van der Waals surface area contributed by atoms with E-state index in [2.05, 4.69) is 20.6 Å². The van der Waals surface area contributed by atoms with E-state index in [-0.39, 0.29) is 5.91 Å². The molecule has 2 aromatic rings. The SMILES string of the molecule is CCNC(=O)Cc1csc(Nc2ccc(Cl)cn2)n1. The van der Waals surface area contributed by atoms with Crippen LogP contribution in [-0.4, -0.2) is 22.4 Å². The molecule has 1 amide bonds. The van der Waals surface area contributed by atoms with Gasteiger partial charge in [0.2, 0.25) is 5.91 Å². The molecule has 0 atom stereocenters. The van der Waals surface area contributed by atoms with Crippen molar-refractivity contribution >= 4 is 39.8 Å². The summed E-state index contributed by atoms with van der Waals surface area (Å²) in [5.41, 5.74) is 0.743. The lowest BCUT2D eigenvalue weighted by molar-refractivity contribution is -0.120. The molecule has 2 N–H and O–H groups in total. The molecule has 19 heavy (non-hydrogen) atoms. The fraction of sp³-hybridized carbons (Fsp3) is 0.250. The summed E-state index contributed by atoms with van der Waals surface area (Å²) in [5.74, 6) is 0.646. The zero-order chi connectivity index (χ0) is 13.7. The highest BCUT2D eigenvalue weighted by Gasteiger charge is 2.07. The highest BCUT2D eigenvalue weighted by Crippen LogP contribution is 2.20. The maximum Gasteiger partial charge on any atom is 0.226 e. The quantitative estimate of drug-likeness (QED) is 0.890. The summed E-state index contributed by atoms with van der Waals surface area (Å²) in [6, 6.07) is 3.52. The van der Waals surface area contributed by atoms with Gasteiger partial charge in [0.1, 0.15) is 5.82 Å². The number of likely N-dealkylation sites (N-methyl/N-ethyl adjacent to an activating group) is 1. The molecule has 7 heteroatoms. The van der Waals surface area contributed by atoms with Gasteiger partial charge in [-0.05, 0) is 19.1 Å². The number of pyridine rings is 1. The minimum absolute atomic E-state index is 0.0241. The Balaban J connectivity index is 1.97. The number of carbonyl (C=O) groups excluding carboxylic acids is 1. The Hall–Kier alpha value is -1.66. The number of halogens is 1. The molecule has 0 saturated carbocycles. The molecule has 5 nitrogen and oxygen atoms in total. The van der Waals surface area contributed by atoms with Crippen molar-refractivity contribution in [1.29, 1.82) is 0 Å². The number of aromatic nitrogens is 2. The fourth-order valence-corrected chi connectivity index (χ4v) is 2.26. The zero-order valence-electron chi connectivity index (χ0n) is 10.3. The molecule has 0 aliphatic rings. The van der Waals surface area contributed by atoms with Gasteiger partial charge in [0.05, 0.1) is 17.1 Å². The molecule has 0 unspecified atom stereocenters. The zero-order valence-corrected chi connectivity index (χ0v) is 11.9. The third-order valence-corrected chi connectivity index (χ3v) is 3.26. The number of nitrogens with zero attached hydrogens (tertiary/aromatic N) is 2. The fourth-order valence-electron chi connectivity index (χ4n) is 1.43. The van der Waals surface area contributed by atoms with Gasteiger partial charge in [-0.3, -0.25) is 4.79 Å². The van der Waals surface area contributed by atoms with Crippen molar-refractivity contribution < 1.29 is 4.79 Å². The summed E-state index contributed by atoms with van der Waals surface area (Å²) < 4.78 is 0. The van der Waals surface area contributed by atoms with E-state index in [1.165, 1.54) is 11.3 Å². The summed E-state index contributed by atoms with van der Waals surface area (Å²) in [7, 11) is 0. The molecule has 100 valence electrons. The van der Waals surface area contributed by atoms with Gasteiger partial charge in [-0.15, -0.1) is 11.3 Å². The number of nitrogens with one attached hydrogen (secondary N) is 2. The lowest BCUT2D eigenvalue weighted by atomic mass is 10.3. The van der Waals surface area contributed by atoms with Crippen LogP contribution in [0.2, 0.25) is 5.02 Å². The Morgan fingerprint density at radius 2 is 2.32 bits per heavy atom. The van der Waals surface area contributed by atoms with Gasteiger partial charge < -0.3 is 10.6 Å². The Bertz CT molecular complexity index is 555. The van der Waals surface area contributed by atoms with Crippen LogP contribution in [0, 0.1) is 0 Å². The summed E-state index contributed by atoms with van der Waals surface area (Å²) in [6.45, 7) is 2.51. The average molecular weight is 297 g/mol. The third-order valence-electron chi connectivity index (χ3n) is 2.23. The highest BCUT2D eigenvalue weighted by atomic mass is 35.5. The van der Waals surface area contributed by atoms with E-state index in [9.17, 15) is 4.79 Å². The predicted molar refractivity (Wildman–Crippen MR) is 77.0 cm³/mol. The van der Waals surface area contributed by atoms with Crippen molar-refractivity contribution in [3.63, 3.8) is 0 Å². The van der Waals surface area contributed by atoms with E-state index < -0.39 is 0 Å². The Morgan fingerprint density at radius 3 is 3.00 bits per heavy atom. The van der Waals surface area contributed by atoms with Crippen molar-refractivity contribution in [1.82, 2.24) is 15.3 Å². The van der Waals surface area contributed by atoms with Gasteiger partial charge >= 0.3 is 0 Å². The van der Waals surface area contributed by atoms with Crippen molar-refractivity contribution in [2.75, 3.05) is 11.9 Å². The smallest absolute Gasteiger partial charge is 0.226 e. The molecular weight excluding hydrogens is 284 g/mol. The number of amides is 1. The lowest BCUT2D eigenvalue weighted by Gasteiger charge is -2.01. The second kappa shape index (κ2) is 6.49. The number of rotatable bonds is 5. The number of thiazole rings is 1. The molecule has 2 rings (SSSR count). The molecule has 0 aliphatic heterocycles. The first-order valence-electron chi connectivity index (χ1n) is 5.77. The summed E-state index contributed by atoms with van der Waals surface area (Å²) in [5, 5.41) is 8.94. The van der Waals surface area contributed by atoms with Crippen LogP contribution in [0.3, 0.4) is 0 Å². The predicted octanol–water partition coefficient (Wildman–Crippen LogP) is 2.61.